The summed E-state index contributed by atoms with van der Waals surface area (Å²) in [7, 11) is 4.28. The second kappa shape index (κ2) is 27.4. The number of nitrogens with two attached hydrogens (primary N) is 2. The minimum atomic E-state index is -0.560. The number of nitrogen functional groups attached to an aromatic ring is 2. The molecule has 4 aromatic carbocycles. The number of carbonyl (C=O) groups excluding carboxylic acids is 1. The number of ether oxygens (including phenoxy) is 1. The minimum Gasteiger partial charge on any atom is -0.870 e. The molecule has 0 unspecified atom stereocenters. The summed E-state index contributed by atoms with van der Waals surface area (Å²) in [6, 6.07) is 20.9. The molecule has 3 aliphatic rings. The zero-order valence-corrected chi connectivity index (χ0v) is 44.5. The van der Waals surface area contributed by atoms with E-state index in [4.69, 9.17) is 22.8 Å². The fraction of sp³-hybridized carbons (Fsp3) is 0.373. The number of hydrogen-bond donors (Lipinski definition) is 5. The number of halogens is 2. The van der Waals surface area contributed by atoms with E-state index >= 15 is 0 Å². The molecule has 0 atom stereocenters. The van der Waals surface area contributed by atoms with E-state index in [0.717, 1.165) is 99.2 Å². The number of aromatic amines is 3. The molecular formula is C51H64F2KN12O4-. The number of nitrogens with zero attached hydrogens (tertiary/aromatic N) is 7. The molecule has 70 heavy (non-hydrogen) atoms. The topological polar surface area (TPSA) is 216 Å². The molecule has 0 saturated carbocycles. The number of H-pyrrole nitrogens is 3. The smallest absolute Gasteiger partial charge is 0.870 e. The molecule has 16 nitrogen and oxygen atoms in total. The fourth-order valence-electron chi connectivity index (χ4n) is 7.74. The van der Waals surface area contributed by atoms with Crippen LogP contribution in [0.3, 0.4) is 0 Å². The molecule has 0 radical (unpaired) electrons. The van der Waals surface area contributed by atoms with Crippen molar-refractivity contribution in [2.75, 3.05) is 101 Å². The van der Waals surface area contributed by atoms with E-state index in [-0.39, 0.29) is 90.7 Å². The Morgan fingerprint density at radius 1 is 0.757 bits per heavy atom. The van der Waals surface area contributed by atoms with E-state index in [2.05, 4.69) is 96.4 Å². The van der Waals surface area contributed by atoms with Gasteiger partial charge in [0.1, 0.15) is 34.6 Å². The third-order valence-electron chi connectivity index (χ3n) is 11.4. The Balaban J connectivity index is 0.000000224. The van der Waals surface area contributed by atoms with Crippen LogP contribution < -0.4 is 78.2 Å². The molecule has 3 aromatic heterocycles. The third-order valence-corrected chi connectivity index (χ3v) is 11.4. The molecule has 10 rings (SSSR count). The van der Waals surface area contributed by atoms with E-state index in [9.17, 15) is 18.4 Å². The van der Waals surface area contributed by atoms with Gasteiger partial charge in [-0.2, -0.15) is 20.8 Å². The van der Waals surface area contributed by atoms with Gasteiger partial charge in [0.2, 0.25) is 5.69 Å². The number of carbonyl (C=O) groups is 1. The third kappa shape index (κ3) is 15.6. The zero-order valence-electron chi connectivity index (χ0n) is 41.3. The van der Waals surface area contributed by atoms with E-state index in [1.165, 1.54) is 54.8 Å². The number of aromatic nitrogens is 5. The van der Waals surface area contributed by atoms with Gasteiger partial charge in [0.05, 0.1) is 51.7 Å². The summed E-state index contributed by atoms with van der Waals surface area (Å²) >= 11 is 0. The van der Waals surface area contributed by atoms with Gasteiger partial charge in [-0.05, 0) is 88.5 Å². The predicted octanol–water partition coefficient (Wildman–Crippen LogP) is 5.19. The minimum absolute atomic E-state index is 0. The number of Topliss-reactive ketones (excluding diaryl/α,β-unsaturated/α-hetero) is 1. The van der Waals surface area contributed by atoms with Crippen molar-refractivity contribution in [3.63, 3.8) is 0 Å². The van der Waals surface area contributed by atoms with E-state index in [0.29, 0.717) is 17.8 Å². The number of rotatable bonds is 5. The van der Waals surface area contributed by atoms with Crippen LogP contribution in [0, 0.1) is 24.1 Å². The van der Waals surface area contributed by atoms with Gasteiger partial charge >= 0.3 is 51.4 Å². The van der Waals surface area contributed by atoms with Crippen LogP contribution >= 0.6 is 0 Å². The van der Waals surface area contributed by atoms with Crippen LogP contribution in [0.25, 0.3) is 49.2 Å². The first-order valence-corrected chi connectivity index (χ1v) is 22.8. The summed E-state index contributed by atoms with van der Waals surface area (Å²) < 4.78 is 31.8. The number of pyridine rings is 1. The van der Waals surface area contributed by atoms with Gasteiger partial charge in [-0.25, -0.2) is 23.6 Å². The quantitative estimate of drug-likeness (QED) is 0.0856. The number of nitrogens with one attached hydrogen (secondary N) is 3. The van der Waals surface area contributed by atoms with Crippen LogP contribution in [0.5, 0.6) is 0 Å². The molecule has 0 aliphatic carbocycles. The van der Waals surface area contributed by atoms with Crippen LogP contribution in [0.15, 0.2) is 77.6 Å². The van der Waals surface area contributed by atoms with Gasteiger partial charge in [0.15, 0.2) is 0 Å². The van der Waals surface area contributed by atoms with Gasteiger partial charge in [-0.15, -0.1) is 0 Å². The maximum atomic E-state index is 14.3. The molecule has 3 fully saturated rings. The van der Waals surface area contributed by atoms with Crippen molar-refractivity contribution in [2.24, 2.45) is 0 Å². The number of imidazole rings is 2. The number of para-hydroxylation sites is 1. The largest absolute Gasteiger partial charge is 1.00 e. The standard InChI is InChI=1S/C21H21FN6O.C15H20N4O.C7H5FN2.C4H8O.C4H9.K.H2O/c1-27-7-9-28(10-8-27)12-5-6-14-16(11-12)25-20(24-14)18-19(23)17-13(22)3-2-4-15(17)26-21(18)29;1-11(20)9-15-16-13-4-3-12(10-14(13)17-15)19-7-5-18(2)6-8-19;1-10-7-5(8)3-2-4-6(7)9;1-2-4-5-3-1;1-4(2)3;;/h2-6,11H,7-10H2,1H3,(H,24,25)(H3,23,26,29);3-4,10H,5-9H2,1-2H3,(H,16,17);2-4H,9H2;1-4H2;1-3H3;;1H2/q;;;;-1;+1;/p-1. The van der Waals surface area contributed by atoms with Gasteiger partial charge in [0.25, 0.3) is 5.56 Å². The fourth-order valence-corrected chi connectivity index (χ4v) is 7.74. The SMILES string of the molecule is C1CCOC1.CC(=O)Cc1nc2ccc(N3CCN(C)CC3)cc2[nH]1.CN1CCN(c2ccc3nc(-c4c(N)c5c(F)cccc5[nH]c4=O)[nH]c3c2)CC1.C[C-](C)C.[C-]#[N+]c1c(N)cccc1F.[K+].[OH-]. The zero-order chi connectivity index (χ0) is 48.9. The second-order valence-corrected chi connectivity index (χ2v) is 17.6. The molecule has 0 spiro atoms. The number of benzene rings is 4. The Morgan fingerprint density at radius 2 is 1.27 bits per heavy atom. The van der Waals surface area contributed by atoms with Crippen molar-refractivity contribution in [3.8, 4) is 11.4 Å². The van der Waals surface area contributed by atoms with Gasteiger partial charge < -0.3 is 62.1 Å². The van der Waals surface area contributed by atoms with Crippen LogP contribution in [0.2, 0.25) is 0 Å². The molecular weight excluding hydrogens is 922 g/mol. The molecule has 19 heteroatoms. The van der Waals surface area contributed by atoms with Crippen molar-refractivity contribution in [3.05, 3.63) is 118 Å². The molecule has 0 amide bonds. The van der Waals surface area contributed by atoms with Gasteiger partial charge in [-0.1, -0.05) is 18.2 Å². The molecule has 3 saturated heterocycles. The number of anilines is 4. The summed E-state index contributed by atoms with van der Waals surface area (Å²) in [5, 5.41) is 0.195. The summed E-state index contributed by atoms with van der Waals surface area (Å²) in [6.07, 6.45) is 2.93. The number of likely N-dealkylation sites (N-methyl/N-ethyl adjacent to an activating group) is 2. The first-order chi connectivity index (χ1) is 32.6. The summed E-state index contributed by atoms with van der Waals surface area (Å²) in [4.78, 5) is 54.2. The van der Waals surface area contributed by atoms with Gasteiger partial charge in [0, 0.05) is 82.6 Å². The molecule has 7 aromatic rings. The van der Waals surface area contributed by atoms with Crippen molar-refractivity contribution in [1.82, 2.24) is 34.7 Å². The number of piperazine rings is 2. The van der Waals surface area contributed by atoms with Crippen molar-refractivity contribution < 1.29 is 75.2 Å². The monoisotopic (exact) mass is 985 g/mol. The Bertz CT molecular complexity index is 2870. The van der Waals surface area contributed by atoms with Crippen molar-refractivity contribution in [2.45, 2.75) is 47.0 Å². The second-order valence-electron chi connectivity index (χ2n) is 17.6. The number of ketones is 1. The van der Waals surface area contributed by atoms with E-state index in [1.54, 1.807) is 13.0 Å². The number of hydrogen-bond acceptors (Lipinski definition) is 12. The predicted molar refractivity (Wildman–Crippen MR) is 273 cm³/mol. The molecule has 3 aliphatic heterocycles. The molecule has 6 heterocycles. The van der Waals surface area contributed by atoms with Crippen molar-refractivity contribution in [1.29, 1.82) is 0 Å². The van der Waals surface area contributed by atoms with Crippen LogP contribution in [-0.2, 0) is 16.0 Å². The number of fused-ring (bicyclic) bond motifs is 3. The summed E-state index contributed by atoms with van der Waals surface area (Å²) in [5.41, 5.74) is 17.6. The molecule has 8 N–H and O–H groups in total. The average Bonchev–Trinajstić information content (AvgIpc) is 4.10. The van der Waals surface area contributed by atoms with Crippen molar-refractivity contribution >= 4 is 67.2 Å². The molecule has 0 bridgehead atoms. The van der Waals surface area contributed by atoms with Crippen LogP contribution in [0.1, 0.15) is 46.4 Å². The maximum Gasteiger partial charge on any atom is 1.00 e. The average molecular weight is 986 g/mol. The Morgan fingerprint density at radius 3 is 1.76 bits per heavy atom. The Hall–Kier alpha value is -5.27. The maximum absolute atomic E-state index is 14.3. The Labute approximate surface area is 450 Å². The Kier molecular flexibility index (Phi) is 22.4. The van der Waals surface area contributed by atoms with Crippen LogP contribution in [0.4, 0.5) is 37.2 Å². The van der Waals surface area contributed by atoms with E-state index in [1.807, 2.05) is 24.3 Å². The normalized spacial score (nSPS) is 14.7. The van der Waals surface area contributed by atoms with Crippen LogP contribution in [-0.4, -0.2) is 126 Å². The first kappa shape index (κ1) is 57.3. The summed E-state index contributed by atoms with van der Waals surface area (Å²) in [5.74, 6) is 1.59. The first-order valence-electron chi connectivity index (χ1n) is 22.8. The molecule has 368 valence electrons. The summed E-state index contributed by atoms with van der Waals surface area (Å²) in [6.45, 7) is 24.6. The van der Waals surface area contributed by atoms with Gasteiger partial charge in [-0.3, -0.25) is 9.59 Å². The van der Waals surface area contributed by atoms with E-state index < -0.39 is 17.2 Å².